The van der Waals surface area contributed by atoms with Crippen LogP contribution in [0.25, 0.3) is 10.9 Å². The quantitative estimate of drug-likeness (QED) is 0.471. The zero-order valence-corrected chi connectivity index (χ0v) is 8.51. The van der Waals surface area contributed by atoms with Crippen LogP contribution in [0.2, 0.25) is 0 Å². The van der Waals surface area contributed by atoms with Crippen molar-refractivity contribution in [3.63, 3.8) is 0 Å². The van der Waals surface area contributed by atoms with E-state index in [9.17, 15) is 10.1 Å². The van der Waals surface area contributed by atoms with Crippen molar-refractivity contribution in [1.29, 1.82) is 0 Å². The molecule has 1 aromatic carbocycles. The molecule has 2 aromatic rings. The van der Waals surface area contributed by atoms with Crippen LogP contribution in [0.4, 0.5) is 11.4 Å². The van der Waals surface area contributed by atoms with Gasteiger partial charge < -0.3 is 10.5 Å². The Bertz CT molecular complexity index is 568. The third-order valence-corrected chi connectivity index (χ3v) is 2.29. The standard InChI is InChI=1S/C10H9N3O3/c1-16-8-5-7(13(14)15)10-6(9(8)11)3-2-4-12-10/h2-5H,11H2,1H3. The normalized spacial score (nSPS) is 10.3. The summed E-state index contributed by atoms with van der Waals surface area (Å²) in [5.74, 6) is 0.284. The highest BCUT2D eigenvalue weighted by Gasteiger charge is 2.18. The lowest BCUT2D eigenvalue weighted by Crippen LogP contribution is -1.98. The molecule has 16 heavy (non-hydrogen) atoms. The second-order valence-corrected chi connectivity index (χ2v) is 3.17. The van der Waals surface area contributed by atoms with Gasteiger partial charge in [-0.05, 0) is 12.1 Å². The third-order valence-electron chi connectivity index (χ3n) is 2.29. The molecule has 0 fully saturated rings. The molecule has 0 radical (unpaired) electrons. The Balaban J connectivity index is 2.90. The predicted octanol–water partition coefficient (Wildman–Crippen LogP) is 1.73. The van der Waals surface area contributed by atoms with Gasteiger partial charge in [-0.1, -0.05) is 0 Å². The number of nitro groups is 1. The van der Waals surface area contributed by atoms with Crippen molar-refractivity contribution in [2.45, 2.75) is 0 Å². The summed E-state index contributed by atoms with van der Waals surface area (Å²) >= 11 is 0. The zero-order valence-electron chi connectivity index (χ0n) is 8.51. The smallest absolute Gasteiger partial charge is 0.299 e. The molecule has 0 aliphatic carbocycles. The van der Waals surface area contributed by atoms with E-state index in [4.69, 9.17) is 10.5 Å². The van der Waals surface area contributed by atoms with Gasteiger partial charge in [0.05, 0.1) is 23.8 Å². The molecule has 0 aliphatic rings. The number of nitro benzene ring substituents is 1. The molecule has 0 saturated heterocycles. The van der Waals surface area contributed by atoms with E-state index in [0.717, 1.165) is 0 Å². The van der Waals surface area contributed by atoms with Gasteiger partial charge in [-0.15, -0.1) is 0 Å². The Morgan fingerprint density at radius 2 is 2.31 bits per heavy atom. The van der Waals surface area contributed by atoms with Crippen LogP contribution in [0.15, 0.2) is 24.4 Å². The number of hydrogen-bond donors (Lipinski definition) is 1. The lowest BCUT2D eigenvalue weighted by Gasteiger charge is -2.07. The molecule has 0 bridgehead atoms. The summed E-state index contributed by atoms with van der Waals surface area (Å²) in [6.45, 7) is 0. The summed E-state index contributed by atoms with van der Waals surface area (Å²) in [6, 6.07) is 4.62. The van der Waals surface area contributed by atoms with Gasteiger partial charge in [-0.25, -0.2) is 4.98 Å². The van der Waals surface area contributed by atoms with E-state index in [1.807, 2.05) is 0 Å². The number of nitrogens with zero attached hydrogens (tertiary/aromatic N) is 2. The summed E-state index contributed by atoms with van der Waals surface area (Å²) in [4.78, 5) is 14.3. The lowest BCUT2D eigenvalue weighted by molar-refractivity contribution is -0.383. The molecular weight excluding hydrogens is 210 g/mol. The minimum Gasteiger partial charge on any atom is -0.494 e. The molecule has 0 saturated carbocycles. The zero-order chi connectivity index (χ0) is 11.7. The number of anilines is 1. The maximum atomic E-state index is 10.9. The maximum Gasteiger partial charge on any atom is 0.299 e. The molecule has 1 aromatic heterocycles. The van der Waals surface area contributed by atoms with Crippen molar-refractivity contribution in [1.82, 2.24) is 4.98 Å². The predicted molar refractivity (Wildman–Crippen MR) is 59.4 cm³/mol. The van der Waals surface area contributed by atoms with E-state index >= 15 is 0 Å². The van der Waals surface area contributed by atoms with Crippen LogP contribution < -0.4 is 10.5 Å². The number of hydrogen-bond acceptors (Lipinski definition) is 5. The topological polar surface area (TPSA) is 91.3 Å². The molecule has 82 valence electrons. The first kappa shape index (κ1) is 10.2. The van der Waals surface area contributed by atoms with Gasteiger partial charge >= 0.3 is 0 Å². The molecule has 0 spiro atoms. The fraction of sp³-hybridized carbons (Fsp3) is 0.100. The Morgan fingerprint density at radius 3 is 2.94 bits per heavy atom. The molecule has 6 heteroatoms. The summed E-state index contributed by atoms with van der Waals surface area (Å²) in [5, 5.41) is 11.4. The average molecular weight is 219 g/mol. The average Bonchev–Trinajstić information content (AvgIpc) is 2.29. The molecule has 0 amide bonds. The van der Waals surface area contributed by atoms with Gasteiger partial charge in [0.2, 0.25) is 0 Å². The van der Waals surface area contributed by atoms with Gasteiger partial charge in [-0.2, -0.15) is 0 Å². The minimum absolute atomic E-state index is 0.110. The third kappa shape index (κ3) is 1.40. The van der Waals surface area contributed by atoms with E-state index in [0.29, 0.717) is 11.1 Å². The molecular formula is C10H9N3O3. The molecule has 0 aliphatic heterocycles. The van der Waals surface area contributed by atoms with E-state index in [1.54, 1.807) is 12.1 Å². The summed E-state index contributed by atoms with van der Waals surface area (Å²) in [5.41, 5.74) is 6.33. The molecule has 0 atom stereocenters. The Hall–Kier alpha value is -2.37. The number of nitrogens with two attached hydrogens (primary N) is 1. The molecule has 0 unspecified atom stereocenters. The fourth-order valence-electron chi connectivity index (χ4n) is 1.54. The number of pyridine rings is 1. The number of nitrogen functional groups attached to an aromatic ring is 1. The molecule has 6 nitrogen and oxygen atoms in total. The van der Waals surface area contributed by atoms with Crippen LogP contribution >= 0.6 is 0 Å². The number of non-ortho nitro benzene ring substituents is 1. The van der Waals surface area contributed by atoms with Crippen molar-refractivity contribution >= 4 is 22.3 Å². The Morgan fingerprint density at radius 1 is 1.56 bits per heavy atom. The highest BCUT2D eigenvalue weighted by Crippen LogP contribution is 2.35. The first-order valence-electron chi connectivity index (χ1n) is 4.50. The van der Waals surface area contributed by atoms with E-state index < -0.39 is 4.92 Å². The lowest BCUT2D eigenvalue weighted by atomic mass is 10.1. The van der Waals surface area contributed by atoms with Crippen molar-refractivity contribution in [2.75, 3.05) is 12.8 Å². The number of methoxy groups -OCH3 is 1. The van der Waals surface area contributed by atoms with Crippen molar-refractivity contribution < 1.29 is 9.66 Å². The Kier molecular flexibility index (Phi) is 2.32. The van der Waals surface area contributed by atoms with Crippen molar-refractivity contribution in [3.8, 4) is 5.75 Å². The second-order valence-electron chi connectivity index (χ2n) is 3.17. The summed E-state index contributed by atoms with van der Waals surface area (Å²) in [7, 11) is 1.41. The van der Waals surface area contributed by atoms with Crippen LogP contribution in [-0.2, 0) is 0 Å². The first-order valence-corrected chi connectivity index (χ1v) is 4.50. The number of rotatable bonds is 2. The van der Waals surface area contributed by atoms with Gasteiger partial charge in [0.25, 0.3) is 5.69 Å². The largest absolute Gasteiger partial charge is 0.494 e. The minimum atomic E-state index is -0.503. The van der Waals surface area contributed by atoms with E-state index in [-0.39, 0.29) is 17.0 Å². The van der Waals surface area contributed by atoms with Crippen molar-refractivity contribution in [2.24, 2.45) is 0 Å². The number of aromatic nitrogens is 1. The maximum absolute atomic E-state index is 10.9. The fourth-order valence-corrected chi connectivity index (χ4v) is 1.54. The second kappa shape index (κ2) is 3.65. The van der Waals surface area contributed by atoms with Gasteiger partial charge in [-0.3, -0.25) is 10.1 Å². The highest BCUT2D eigenvalue weighted by atomic mass is 16.6. The van der Waals surface area contributed by atoms with Crippen LogP contribution in [0.5, 0.6) is 5.75 Å². The molecule has 1 heterocycles. The van der Waals surface area contributed by atoms with Crippen LogP contribution in [0.3, 0.4) is 0 Å². The van der Waals surface area contributed by atoms with Crippen LogP contribution in [0.1, 0.15) is 0 Å². The van der Waals surface area contributed by atoms with Crippen molar-refractivity contribution in [3.05, 3.63) is 34.5 Å². The molecule has 2 rings (SSSR count). The van der Waals surface area contributed by atoms with Gasteiger partial charge in [0.15, 0.2) is 5.52 Å². The SMILES string of the molecule is COc1cc([N+](=O)[O-])c2ncccc2c1N. The van der Waals surface area contributed by atoms with Crippen LogP contribution in [-0.4, -0.2) is 17.0 Å². The highest BCUT2D eigenvalue weighted by molar-refractivity contribution is 5.99. The Labute approximate surface area is 90.8 Å². The number of ether oxygens (including phenoxy) is 1. The summed E-state index contributed by atoms with van der Waals surface area (Å²) in [6.07, 6.45) is 1.49. The summed E-state index contributed by atoms with van der Waals surface area (Å²) < 4.78 is 4.99. The number of benzene rings is 1. The van der Waals surface area contributed by atoms with E-state index in [2.05, 4.69) is 4.98 Å². The number of fused-ring (bicyclic) bond motifs is 1. The first-order chi connectivity index (χ1) is 7.65. The van der Waals surface area contributed by atoms with Gasteiger partial charge in [0.1, 0.15) is 5.75 Å². The monoisotopic (exact) mass is 219 g/mol. The van der Waals surface area contributed by atoms with Gasteiger partial charge in [0, 0.05) is 11.6 Å². The molecule has 2 N–H and O–H groups in total. The van der Waals surface area contributed by atoms with Crippen LogP contribution in [0, 0.1) is 10.1 Å². The van der Waals surface area contributed by atoms with E-state index in [1.165, 1.54) is 19.4 Å².